The third kappa shape index (κ3) is 5.79. The van der Waals surface area contributed by atoms with Crippen molar-refractivity contribution in [2.24, 2.45) is 5.92 Å². The monoisotopic (exact) mass is 496 g/mol. The minimum atomic E-state index is -2.10. The van der Waals surface area contributed by atoms with Crippen molar-refractivity contribution in [2.75, 3.05) is 0 Å². The van der Waals surface area contributed by atoms with Crippen molar-refractivity contribution in [1.29, 1.82) is 0 Å². The lowest BCUT2D eigenvalue weighted by Crippen LogP contribution is -2.59. The highest BCUT2D eigenvalue weighted by Crippen LogP contribution is 2.44. The van der Waals surface area contributed by atoms with Gasteiger partial charge >= 0.3 is 0 Å². The van der Waals surface area contributed by atoms with Crippen molar-refractivity contribution < 1.29 is 0 Å². The number of hydrogen-bond donors (Lipinski definition) is 1. The number of fused-ring (bicyclic) bond motifs is 1. The van der Waals surface area contributed by atoms with E-state index in [1.807, 2.05) is 11.3 Å². The van der Waals surface area contributed by atoms with Crippen molar-refractivity contribution in [3.05, 3.63) is 63.0 Å². The topological polar surface area (TPSA) is 0 Å². The fraction of sp³-hybridized carbons (Fsp3) is 0.533. The first kappa shape index (κ1) is 26.6. The molecule has 1 aromatic carbocycles. The van der Waals surface area contributed by atoms with Crippen LogP contribution in [-0.2, 0) is 6.42 Å². The summed E-state index contributed by atoms with van der Waals surface area (Å²) < 4.78 is 0. The molecule has 0 aliphatic carbocycles. The summed E-state index contributed by atoms with van der Waals surface area (Å²) in [5.41, 5.74) is 1.50. The van der Waals surface area contributed by atoms with Crippen LogP contribution in [-0.4, -0.2) is 8.07 Å². The molecule has 3 rings (SSSR count). The summed E-state index contributed by atoms with van der Waals surface area (Å²) in [6.07, 6.45) is 16.4. The molecule has 33 heavy (non-hydrogen) atoms. The molecule has 0 nitrogen and oxygen atoms in total. The summed E-state index contributed by atoms with van der Waals surface area (Å²) in [4.78, 5) is 4.13. The van der Waals surface area contributed by atoms with E-state index in [1.165, 1.54) is 84.1 Å². The van der Waals surface area contributed by atoms with E-state index in [0.29, 0.717) is 0 Å². The van der Waals surface area contributed by atoms with Crippen LogP contribution in [0.2, 0.25) is 6.04 Å². The van der Waals surface area contributed by atoms with Gasteiger partial charge in [-0.1, -0.05) is 102 Å². The molecule has 3 heteroatoms. The van der Waals surface area contributed by atoms with Crippen molar-refractivity contribution in [3.63, 3.8) is 0 Å². The summed E-state index contributed by atoms with van der Waals surface area (Å²) in [5, 5.41) is 4.76. The predicted octanol–water partition coefficient (Wildman–Crippen LogP) is 8.73. The predicted molar refractivity (Wildman–Crippen MR) is 157 cm³/mol. The molecule has 0 radical (unpaired) electrons. The van der Waals surface area contributed by atoms with Crippen LogP contribution in [0, 0.1) is 12.8 Å². The van der Waals surface area contributed by atoms with Crippen molar-refractivity contribution in [3.8, 4) is 0 Å². The van der Waals surface area contributed by atoms with Gasteiger partial charge < -0.3 is 0 Å². The fourth-order valence-electron chi connectivity index (χ4n) is 5.60. The summed E-state index contributed by atoms with van der Waals surface area (Å²) >= 11 is 7.11. The Labute approximate surface area is 214 Å². The number of thiophene rings is 1. The number of rotatable bonds is 13. The molecule has 0 bridgehead atoms. The zero-order valence-electron chi connectivity index (χ0n) is 21.5. The number of hydrogen-bond acceptors (Lipinski definition) is 2. The second kappa shape index (κ2) is 12.6. The smallest absolute Gasteiger partial charge is 0.142 e. The Morgan fingerprint density at radius 1 is 1.00 bits per heavy atom. The van der Waals surface area contributed by atoms with Crippen LogP contribution >= 0.6 is 24.0 Å². The van der Waals surface area contributed by atoms with Crippen LogP contribution in [0.3, 0.4) is 0 Å². The first-order valence-electron chi connectivity index (χ1n) is 13.3. The number of thiol groups is 1. The number of aryl methyl sites for hydroxylation is 2. The zero-order valence-corrected chi connectivity index (χ0v) is 24.3. The third-order valence-corrected chi connectivity index (χ3v) is 14.7. The fourth-order valence-corrected chi connectivity index (χ4v) is 14.0. The Bertz CT molecular complexity index is 950. The van der Waals surface area contributed by atoms with Crippen LogP contribution in [0.4, 0.5) is 0 Å². The average molecular weight is 497 g/mol. The molecular formula is C30H44S2Si. The van der Waals surface area contributed by atoms with E-state index in [4.69, 9.17) is 12.6 Å². The largest absolute Gasteiger partial charge is 0.152 e. The maximum atomic E-state index is 5.16. The van der Waals surface area contributed by atoms with Gasteiger partial charge in [-0.2, -0.15) is 0 Å². The van der Waals surface area contributed by atoms with Gasteiger partial charge in [0.05, 0.1) is 0 Å². The van der Waals surface area contributed by atoms with E-state index in [9.17, 15) is 0 Å². The number of benzene rings is 1. The van der Waals surface area contributed by atoms with E-state index >= 15 is 0 Å². The molecule has 0 N–H and O–H groups in total. The zero-order chi connectivity index (χ0) is 23.8. The lowest BCUT2D eigenvalue weighted by molar-refractivity contribution is 0.488. The molecule has 1 aliphatic heterocycles. The molecule has 2 aromatic rings. The van der Waals surface area contributed by atoms with Crippen LogP contribution in [0.5, 0.6) is 0 Å². The van der Waals surface area contributed by atoms with E-state index in [1.54, 1.807) is 15.6 Å². The van der Waals surface area contributed by atoms with Crippen molar-refractivity contribution >= 4 is 47.3 Å². The molecule has 2 unspecified atom stereocenters. The van der Waals surface area contributed by atoms with Crippen LogP contribution in [0.15, 0.2) is 47.7 Å². The highest BCUT2D eigenvalue weighted by molar-refractivity contribution is 7.91. The Morgan fingerprint density at radius 2 is 1.73 bits per heavy atom. The van der Waals surface area contributed by atoms with Gasteiger partial charge in [-0.3, -0.25) is 0 Å². The normalized spacial score (nSPS) is 19.0. The van der Waals surface area contributed by atoms with E-state index in [-0.39, 0.29) is 0 Å². The maximum absolute atomic E-state index is 5.16. The molecule has 180 valence electrons. The van der Waals surface area contributed by atoms with Gasteiger partial charge in [-0.25, -0.2) is 0 Å². The summed E-state index contributed by atoms with van der Waals surface area (Å²) in [6.45, 7) is 11.4. The van der Waals surface area contributed by atoms with Crippen LogP contribution < -0.4 is 10.4 Å². The lowest BCUT2D eigenvalue weighted by Gasteiger charge is -2.34. The Kier molecular flexibility index (Phi) is 10.2. The highest BCUT2D eigenvalue weighted by atomic mass is 32.1. The highest BCUT2D eigenvalue weighted by Gasteiger charge is 2.49. The quantitative estimate of drug-likeness (QED) is 0.160. The summed E-state index contributed by atoms with van der Waals surface area (Å²) in [6, 6.07) is 13.7. The molecule has 2 heterocycles. The molecule has 0 saturated carbocycles. The van der Waals surface area contributed by atoms with Crippen molar-refractivity contribution in [1.82, 2.24) is 0 Å². The molecule has 0 spiro atoms. The molecule has 0 fully saturated rings. The number of allylic oxidation sites excluding steroid dienone is 3. The lowest BCUT2D eigenvalue weighted by atomic mass is 10.0. The molecule has 2 atom stereocenters. The molecule has 0 amide bonds. The Hall–Kier alpha value is -1.03. The molecule has 0 saturated heterocycles. The first-order valence-corrected chi connectivity index (χ1v) is 16.8. The second-order valence-corrected chi connectivity index (χ2v) is 15.5. The second-order valence-electron chi connectivity index (χ2n) is 9.90. The average Bonchev–Trinajstić information content (AvgIpc) is 3.31. The van der Waals surface area contributed by atoms with Gasteiger partial charge in [-0.05, 0) is 65.9 Å². The molecule has 1 aromatic heterocycles. The van der Waals surface area contributed by atoms with Gasteiger partial charge in [-0.15, -0.1) is 24.0 Å². The van der Waals surface area contributed by atoms with E-state index < -0.39 is 8.07 Å². The van der Waals surface area contributed by atoms with Crippen LogP contribution in [0.25, 0.3) is 4.91 Å². The van der Waals surface area contributed by atoms with Gasteiger partial charge in [0.1, 0.15) is 0 Å². The van der Waals surface area contributed by atoms with Gasteiger partial charge in [0.15, 0.2) is 8.07 Å². The van der Waals surface area contributed by atoms with Gasteiger partial charge in [0, 0.05) is 14.7 Å². The maximum Gasteiger partial charge on any atom is 0.152 e. The standard InChI is InChI=1S/C30H44S2Si/c1-6-10-12-13-16-25-17-19-26(20-18-25)33(22-24(9-4)15-11-7-2)27(14-8-3)29(31)30-28(33)21-23(5)32-30/h8,14,17-21,24,31H,6-7,9-13,15-16,22H2,1-5H3. The van der Waals surface area contributed by atoms with Crippen molar-refractivity contribution in [2.45, 2.75) is 98.5 Å². The third-order valence-electron chi connectivity index (χ3n) is 7.48. The van der Waals surface area contributed by atoms with Gasteiger partial charge in [0.25, 0.3) is 0 Å². The SMILES string of the molecule is CC=CC1=C(S)c2sc(C)cc2[Si]1(CC(CC)CCCC)c1ccc(CCCCCC)cc1. The molecule has 1 aliphatic rings. The first-order chi connectivity index (χ1) is 16.0. The van der Waals surface area contributed by atoms with Crippen LogP contribution in [0.1, 0.15) is 94.4 Å². The Morgan fingerprint density at radius 3 is 2.36 bits per heavy atom. The minimum absolute atomic E-state index is 0.776. The van der Waals surface area contributed by atoms with E-state index in [2.05, 4.69) is 77.1 Å². The van der Waals surface area contributed by atoms with E-state index in [0.717, 1.165) is 5.92 Å². The van der Waals surface area contributed by atoms with Gasteiger partial charge in [0.2, 0.25) is 0 Å². The minimum Gasteiger partial charge on any atom is -0.142 e. The summed E-state index contributed by atoms with van der Waals surface area (Å²) in [5.74, 6) is 0.776. The number of unbranched alkanes of at least 4 members (excludes halogenated alkanes) is 4. The summed E-state index contributed by atoms with van der Waals surface area (Å²) in [7, 11) is -2.10. The Balaban J connectivity index is 2.06. The molecular weight excluding hydrogens is 453 g/mol.